The van der Waals surface area contributed by atoms with Gasteiger partial charge in [0.15, 0.2) is 0 Å². The number of hydrogen-bond acceptors (Lipinski definition) is 3. The molecule has 18 heavy (non-hydrogen) atoms. The molecule has 6 heteroatoms. The first kappa shape index (κ1) is 17.8. The van der Waals surface area contributed by atoms with E-state index in [-0.39, 0.29) is 6.54 Å². The molecule has 0 radical (unpaired) electrons. The smallest absolute Gasteiger partial charge is 0.218 e. The maximum absolute atomic E-state index is 13.6. The number of nitrogens with zero attached hydrogens (tertiary/aromatic N) is 1. The van der Waals surface area contributed by atoms with Gasteiger partial charge in [0.1, 0.15) is 6.17 Å². The molecular formula is C12H27FN2O2S. The zero-order valence-corrected chi connectivity index (χ0v) is 12.5. The van der Waals surface area contributed by atoms with Crippen LogP contribution in [0.25, 0.3) is 0 Å². The molecule has 0 heterocycles. The Labute approximate surface area is 111 Å². The fourth-order valence-corrected chi connectivity index (χ4v) is 3.65. The van der Waals surface area contributed by atoms with Crippen LogP contribution in [0.5, 0.6) is 0 Å². The van der Waals surface area contributed by atoms with Crippen LogP contribution in [0.1, 0.15) is 52.9 Å². The topological polar surface area (TPSA) is 63.4 Å². The van der Waals surface area contributed by atoms with Crippen LogP contribution in [0.2, 0.25) is 0 Å². The highest BCUT2D eigenvalue weighted by Gasteiger charge is 2.27. The summed E-state index contributed by atoms with van der Waals surface area (Å²) in [6, 6.07) is 0. The van der Waals surface area contributed by atoms with Crippen molar-refractivity contribution in [1.82, 2.24) is 4.31 Å². The van der Waals surface area contributed by atoms with Crippen molar-refractivity contribution in [2.75, 3.05) is 12.3 Å². The lowest BCUT2D eigenvalue weighted by Gasteiger charge is -2.24. The Morgan fingerprint density at radius 3 is 2.28 bits per heavy atom. The molecule has 2 N–H and O–H groups in total. The molecule has 110 valence electrons. The summed E-state index contributed by atoms with van der Waals surface area (Å²) < 4.78 is 38.6. The number of nitrogens with two attached hydrogens (primary N) is 1. The molecule has 0 aliphatic rings. The van der Waals surface area contributed by atoms with E-state index in [9.17, 15) is 12.8 Å². The lowest BCUT2D eigenvalue weighted by molar-refractivity contribution is 0.313. The molecule has 0 aromatic carbocycles. The van der Waals surface area contributed by atoms with Gasteiger partial charge >= 0.3 is 0 Å². The molecule has 0 amide bonds. The number of halogens is 1. The van der Waals surface area contributed by atoms with Gasteiger partial charge in [-0.3, -0.25) is 0 Å². The lowest BCUT2D eigenvalue weighted by atomic mass is 10.1. The van der Waals surface area contributed by atoms with Crippen molar-refractivity contribution in [2.45, 2.75) is 65.2 Å². The van der Waals surface area contributed by atoms with Crippen LogP contribution in [0.15, 0.2) is 0 Å². The molecule has 0 aliphatic carbocycles. The van der Waals surface area contributed by atoms with Gasteiger partial charge in [-0.1, -0.05) is 39.5 Å². The van der Waals surface area contributed by atoms with E-state index < -0.39 is 28.1 Å². The molecule has 4 nitrogen and oxygen atoms in total. The molecule has 0 spiro atoms. The third-order valence-electron chi connectivity index (χ3n) is 2.89. The number of unbranched alkanes of at least 4 members (excludes halogenated alkanes) is 3. The maximum atomic E-state index is 13.6. The van der Waals surface area contributed by atoms with Gasteiger partial charge in [-0.25, -0.2) is 12.8 Å². The van der Waals surface area contributed by atoms with Crippen molar-refractivity contribution in [3.8, 4) is 0 Å². The van der Waals surface area contributed by atoms with Crippen LogP contribution < -0.4 is 5.73 Å². The summed E-state index contributed by atoms with van der Waals surface area (Å²) in [6.45, 7) is 5.66. The predicted molar refractivity (Wildman–Crippen MR) is 73.5 cm³/mol. The summed E-state index contributed by atoms with van der Waals surface area (Å²) in [4.78, 5) is 0. The highest BCUT2D eigenvalue weighted by molar-refractivity contribution is 7.89. The van der Waals surface area contributed by atoms with Crippen LogP contribution in [0, 0.1) is 0 Å². The Morgan fingerprint density at radius 2 is 1.83 bits per heavy atom. The summed E-state index contributed by atoms with van der Waals surface area (Å²) in [7, 11) is -3.58. The van der Waals surface area contributed by atoms with Gasteiger partial charge in [0, 0.05) is 6.54 Å². The minimum atomic E-state index is -3.58. The van der Waals surface area contributed by atoms with Gasteiger partial charge in [-0.15, -0.1) is 0 Å². The summed E-state index contributed by atoms with van der Waals surface area (Å²) in [6.07, 6.45) is 2.28. The third-order valence-corrected chi connectivity index (χ3v) is 4.97. The molecule has 0 fully saturated rings. The highest BCUT2D eigenvalue weighted by Crippen LogP contribution is 2.13. The minimum Gasteiger partial charge on any atom is -0.315 e. The van der Waals surface area contributed by atoms with Gasteiger partial charge in [0.25, 0.3) is 0 Å². The highest BCUT2D eigenvalue weighted by atomic mass is 32.2. The predicted octanol–water partition coefficient (Wildman–Crippen LogP) is 2.25. The molecule has 2 atom stereocenters. The maximum Gasteiger partial charge on any atom is 0.218 e. The van der Waals surface area contributed by atoms with Crippen molar-refractivity contribution in [3.63, 3.8) is 0 Å². The average molecular weight is 282 g/mol. The van der Waals surface area contributed by atoms with Crippen LogP contribution in [-0.2, 0) is 10.0 Å². The standard InChI is InChI=1S/C12H27FN2O2S/c1-4-6-7-8-9-12(13)10-18(16,17)15(5-2)11(3)14/h11-12H,4-10,14H2,1-3H3. The van der Waals surface area contributed by atoms with Gasteiger partial charge in [0.2, 0.25) is 10.0 Å². The summed E-state index contributed by atoms with van der Waals surface area (Å²) in [5.74, 6) is -0.450. The van der Waals surface area contributed by atoms with Crippen LogP contribution in [-0.4, -0.2) is 37.4 Å². The van der Waals surface area contributed by atoms with Gasteiger partial charge < -0.3 is 5.73 Å². The molecule has 2 unspecified atom stereocenters. The fourth-order valence-electron chi connectivity index (χ4n) is 1.94. The minimum absolute atomic E-state index is 0.280. The second kappa shape index (κ2) is 8.82. The van der Waals surface area contributed by atoms with Crippen molar-refractivity contribution in [2.24, 2.45) is 5.73 Å². The van der Waals surface area contributed by atoms with E-state index in [0.717, 1.165) is 30.0 Å². The summed E-state index contributed by atoms with van der Waals surface area (Å²) >= 11 is 0. The number of sulfonamides is 1. The molecule has 0 saturated heterocycles. The number of alkyl halides is 1. The molecular weight excluding hydrogens is 255 g/mol. The van der Waals surface area contributed by atoms with Crippen molar-refractivity contribution in [3.05, 3.63) is 0 Å². The Balaban J connectivity index is 4.22. The Kier molecular flexibility index (Phi) is 8.73. The zero-order chi connectivity index (χ0) is 14.2. The Hall–Kier alpha value is -0.200. The SMILES string of the molecule is CCCCCCC(F)CS(=O)(=O)N(CC)C(C)N. The summed E-state index contributed by atoms with van der Waals surface area (Å²) in [5, 5.41) is 0. The van der Waals surface area contributed by atoms with E-state index in [1.807, 2.05) is 0 Å². The molecule has 0 aliphatic heterocycles. The van der Waals surface area contributed by atoms with Crippen LogP contribution in [0.3, 0.4) is 0 Å². The monoisotopic (exact) mass is 282 g/mol. The van der Waals surface area contributed by atoms with Gasteiger partial charge in [-0.2, -0.15) is 4.31 Å². The molecule has 0 rings (SSSR count). The van der Waals surface area contributed by atoms with Crippen molar-refractivity contribution in [1.29, 1.82) is 0 Å². The second-order valence-electron chi connectivity index (χ2n) is 4.67. The molecule has 0 saturated carbocycles. The Morgan fingerprint density at radius 1 is 1.22 bits per heavy atom. The number of rotatable bonds is 10. The van der Waals surface area contributed by atoms with Crippen molar-refractivity contribution >= 4 is 10.0 Å². The molecule has 0 aromatic heterocycles. The van der Waals surface area contributed by atoms with E-state index in [0.29, 0.717) is 6.42 Å². The van der Waals surface area contributed by atoms with Crippen LogP contribution in [0.4, 0.5) is 4.39 Å². The van der Waals surface area contributed by atoms with E-state index >= 15 is 0 Å². The summed E-state index contributed by atoms with van der Waals surface area (Å²) in [5.41, 5.74) is 5.57. The molecule has 0 aromatic rings. The van der Waals surface area contributed by atoms with E-state index in [2.05, 4.69) is 6.92 Å². The second-order valence-corrected chi connectivity index (χ2v) is 6.64. The number of hydrogen-bond donors (Lipinski definition) is 1. The lowest BCUT2D eigenvalue weighted by Crippen LogP contribution is -2.45. The van der Waals surface area contributed by atoms with Gasteiger partial charge in [-0.05, 0) is 13.3 Å². The first-order valence-corrected chi connectivity index (χ1v) is 8.35. The first-order chi connectivity index (χ1) is 8.35. The fraction of sp³-hybridized carbons (Fsp3) is 1.00. The quantitative estimate of drug-likeness (QED) is 0.494. The zero-order valence-electron chi connectivity index (χ0n) is 11.7. The van der Waals surface area contributed by atoms with Gasteiger partial charge in [0.05, 0.1) is 11.9 Å². The van der Waals surface area contributed by atoms with E-state index in [4.69, 9.17) is 5.73 Å². The van der Waals surface area contributed by atoms with Crippen molar-refractivity contribution < 1.29 is 12.8 Å². The Bertz CT molecular complexity index is 307. The van der Waals surface area contributed by atoms with E-state index in [1.54, 1.807) is 13.8 Å². The largest absolute Gasteiger partial charge is 0.315 e. The van der Waals surface area contributed by atoms with Crippen LogP contribution >= 0.6 is 0 Å². The molecule has 0 bridgehead atoms. The normalized spacial score (nSPS) is 15.9. The van der Waals surface area contributed by atoms with E-state index in [1.165, 1.54) is 0 Å². The third kappa shape index (κ3) is 6.66. The average Bonchev–Trinajstić information content (AvgIpc) is 2.23. The first-order valence-electron chi connectivity index (χ1n) is 6.74.